The molecule has 0 amide bonds. The number of ether oxygens (including phenoxy) is 2. The summed E-state index contributed by atoms with van der Waals surface area (Å²) in [5.74, 6) is 0. The fraction of sp³-hybridized carbons (Fsp3) is 0.333. The molecule has 0 bridgehead atoms. The Morgan fingerprint density at radius 1 is 1.15 bits per heavy atom. The zero-order chi connectivity index (χ0) is 8.39. The molecular weight excluding hydrogens is 226 g/mol. The van der Waals surface area contributed by atoms with Gasteiger partial charge >= 0.3 is 98.1 Å². The van der Waals surface area contributed by atoms with Gasteiger partial charge in [0.2, 0.25) is 0 Å². The average Bonchev–Trinajstić information content (AvgIpc) is 2.57. The standard InChI is InChI=1S/C9H10O2Se.Li/c12-8-4-2-1-3-7(8)9-10-5-6-11-9;/h1-4,9,12H,5-6H2;/q;+1/p-1. The van der Waals surface area contributed by atoms with E-state index >= 15 is 0 Å². The summed E-state index contributed by atoms with van der Waals surface area (Å²) in [7, 11) is 0. The van der Waals surface area contributed by atoms with E-state index < -0.39 is 0 Å². The molecule has 1 aromatic carbocycles. The summed E-state index contributed by atoms with van der Waals surface area (Å²) in [5.41, 5.74) is 1.09. The Morgan fingerprint density at radius 2 is 1.77 bits per heavy atom. The summed E-state index contributed by atoms with van der Waals surface area (Å²) in [6, 6.07) is 8.01. The molecule has 64 valence electrons. The van der Waals surface area contributed by atoms with Crippen LogP contribution >= 0.6 is 0 Å². The van der Waals surface area contributed by atoms with E-state index in [9.17, 15) is 0 Å². The maximum absolute atomic E-state index is 5.38. The van der Waals surface area contributed by atoms with E-state index in [0.29, 0.717) is 13.2 Å². The molecule has 2 nitrogen and oxygen atoms in total. The average molecular weight is 235 g/mol. The molecule has 4 heteroatoms. The molecule has 0 spiro atoms. The molecule has 0 N–H and O–H groups in total. The van der Waals surface area contributed by atoms with Crippen molar-refractivity contribution in [3.05, 3.63) is 29.8 Å². The fourth-order valence-corrected chi connectivity index (χ4v) is 1.72. The third-order valence-corrected chi connectivity index (χ3v) is 2.57. The van der Waals surface area contributed by atoms with Gasteiger partial charge in [0, 0.05) is 0 Å². The Bertz CT molecular complexity index is 274. The van der Waals surface area contributed by atoms with Crippen LogP contribution in [0, 0.1) is 0 Å². The predicted molar refractivity (Wildman–Crippen MR) is 46.5 cm³/mol. The first kappa shape index (κ1) is 11.3. The van der Waals surface area contributed by atoms with Crippen LogP contribution in [-0.2, 0) is 9.47 Å². The normalized spacial score (nSPS) is 16.9. The van der Waals surface area contributed by atoms with Crippen molar-refractivity contribution in [3.63, 3.8) is 0 Å². The van der Waals surface area contributed by atoms with E-state index in [-0.39, 0.29) is 25.2 Å². The molecule has 0 radical (unpaired) electrons. The minimum absolute atomic E-state index is 0. The molecule has 1 saturated heterocycles. The van der Waals surface area contributed by atoms with E-state index in [2.05, 4.69) is 16.0 Å². The maximum atomic E-state index is 5.38. The second-order valence-corrected chi connectivity index (χ2v) is 3.53. The molecule has 0 saturated carbocycles. The van der Waals surface area contributed by atoms with Crippen LogP contribution < -0.4 is 23.3 Å². The van der Waals surface area contributed by atoms with Gasteiger partial charge in [-0.3, -0.25) is 0 Å². The Hall–Kier alpha value is 0.257. The SMILES string of the molecule is [Li+].[Se-]c1ccccc1C1OCCO1. The van der Waals surface area contributed by atoms with Crippen LogP contribution in [0.3, 0.4) is 0 Å². The topological polar surface area (TPSA) is 18.5 Å². The summed E-state index contributed by atoms with van der Waals surface area (Å²) in [6.45, 7) is 1.39. The second kappa shape index (κ2) is 5.22. The molecule has 2 rings (SSSR count). The van der Waals surface area contributed by atoms with Crippen LogP contribution in [-0.4, -0.2) is 29.2 Å². The van der Waals surface area contributed by atoms with Crippen LogP contribution in [0.25, 0.3) is 0 Å². The van der Waals surface area contributed by atoms with Gasteiger partial charge in [0.25, 0.3) is 0 Å². The molecular formula is C9H9LiO2Se. The molecule has 1 fully saturated rings. The third kappa shape index (κ3) is 2.60. The monoisotopic (exact) mass is 236 g/mol. The zero-order valence-corrected chi connectivity index (χ0v) is 9.24. The summed E-state index contributed by atoms with van der Waals surface area (Å²) < 4.78 is 11.9. The quantitative estimate of drug-likeness (QED) is 0.502. The van der Waals surface area contributed by atoms with Crippen LogP contribution in [0.5, 0.6) is 0 Å². The van der Waals surface area contributed by atoms with E-state index in [1.54, 1.807) is 0 Å². The van der Waals surface area contributed by atoms with Crippen molar-refractivity contribution >= 4 is 20.5 Å². The number of hydrogen-bond donors (Lipinski definition) is 0. The van der Waals surface area contributed by atoms with Crippen molar-refractivity contribution in [1.29, 1.82) is 0 Å². The van der Waals surface area contributed by atoms with Crippen molar-refractivity contribution in [2.24, 2.45) is 0 Å². The molecule has 1 aromatic rings. The van der Waals surface area contributed by atoms with Gasteiger partial charge < -0.3 is 0 Å². The Labute approximate surface area is 98.0 Å². The summed E-state index contributed by atoms with van der Waals surface area (Å²) in [4.78, 5) is 0. The Morgan fingerprint density at radius 3 is 2.38 bits per heavy atom. The van der Waals surface area contributed by atoms with Gasteiger partial charge in [-0.2, -0.15) is 0 Å². The molecule has 0 unspecified atom stereocenters. The van der Waals surface area contributed by atoms with Crippen LogP contribution in [0.2, 0.25) is 0 Å². The van der Waals surface area contributed by atoms with Crippen LogP contribution in [0.1, 0.15) is 11.9 Å². The molecule has 0 aliphatic carbocycles. The first-order chi connectivity index (χ1) is 5.88. The minimum atomic E-state index is -0.164. The molecule has 1 aliphatic heterocycles. The van der Waals surface area contributed by atoms with E-state index in [0.717, 1.165) is 10.0 Å². The fourth-order valence-electron chi connectivity index (χ4n) is 1.21. The summed E-state index contributed by atoms with van der Waals surface area (Å²) in [5, 5.41) is 0. The van der Waals surface area contributed by atoms with E-state index in [4.69, 9.17) is 9.47 Å². The first-order valence-corrected chi connectivity index (χ1v) is 4.73. The molecule has 13 heavy (non-hydrogen) atoms. The van der Waals surface area contributed by atoms with Crippen molar-refractivity contribution < 1.29 is 28.3 Å². The zero-order valence-electron chi connectivity index (χ0n) is 7.53. The van der Waals surface area contributed by atoms with Gasteiger partial charge in [0.1, 0.15) is 0 Å². The Balaban J connectivity index is 0.000000845. The molecule has 0 aromatic heterocycles. The van der Waals surface area contributed by atoms with E-state index in [1.807, 2.05) is 24.3 Å². The van der Waals surface area contributed by atoms with Gasteiger partial charge in [-0.15, -0.1) is 0 Å². The van der Waals surface area contributed by atoms with Crippen LogP contribution in [0.15, 0.2) is 24.3 Å². The van der Waals surface area contributed by atoms with Gasteiger partial charge in [0.15, 0.2) is 0 Å². The van der Waals surface area contributed by atoms with E-state index in [1.165, 1.54) is 0 Å². The number of rotatable bonds is 1. The van der Waals surface area contributed by atoms with Crippen molar-refractivity contribution in [3.8, 4) is 0 Å². The number of benzene rings is 1. The summed E-state index contributed by atoms with van der Waals surface area (Å²) in [6.07, 6.45) is -0.164. The molecule has 1 aliphatic rings. The van der Waals surface area contributed by atoms with Crippen molar-refractivity contribution in [2.45, 2.75) is 6.29 Å². The summed E-state index contributed by atoms with van der Waals surface area (Å²) >= 11 is 2.99. The van der Waals surface area contributed by atoms with Gasteiger partial charge in [-0.25, -0.2) is 0 Å². The third-order valence-electron chi connectivity index (χ3n) is 1.79. The number of hydrogen-bond acceptors (Lipinski definition) is 2. The van der Waals surface area contributed by atoms with Gasteiger partial charge in [-0.1, -0.05) is 0 Å². The molecule has 0 atom stereocenters. The Kier molecular flexibility index (Phi) is 4.55. The first-order valence-electron chi connectivity index (χ1n) is 3.87. The van der Waals surface area contributed by atoms with Gasteiger partial charge in [0.05, 0.1) is 0 Å². The van der Waals surface area contributed by atoms with Crippen molar-refractivity contribution in [2.75, 3.05) is 13.2 Å². The predicted octanol–water partition coefficient (Wildman–Crippen LogP) is -2.47. The van der Waals surface area contributed by atoms with Crippen LogP contribution in [0.4, 0.5) is 0 Å². The molecule has 1 heterocycles. The van der Waals surface area contributed by atoms with Gasteiger partial charge in [-0.05, 0) is 0 Å². The second-order valence-electron chi connectivity index (χ2n) is 2.61. The van der Waals surface area contributed by atoms with Crippen molar-refractivity contribution in [1.82, 2.24) is 0 Å².